The summed E-state index contributed by atoms with van der Waals surface area (Å²) in [6, 6.07) is 13.1. The Morgan fingerprint density at radius 2 is 1.70 bits per heavy atom. The van der Waals surface area contributed by atoms with Crippen molar-refractivity contribution in [1.29, 1.82) is 0 Å². The first-order valence-electron chi connectivity index (χ1n) is 8.55. The summed E-state index contributed by atoms with van der Waals surface area (Å²) in [5, 5.41) is 11.8. The van der Waals surface area contributed by atoms with Gasteiger partial charge in [-0.3, -0.25) is 14.9 Å². The first-order valence-corrected chi connectivity index (χ1v) is 8.55. The van der Waals surface area contributed by atoms with E-state index in [9.17, 15) is 19.5 Å². The topological polar surface area (TPSA) is 92.7 Å². The van der Waals surface area contributed by atoms with Crippen molar-refractivity contribution in [2.75, 3.05) is 5.32 Å². The fourth-order valence-electron chi connectivity index (χ4n) is 2.45. The Balaban J connectivity index is 2.31. The molecule has 0 bridgehead atoms. The van der Waals surface area contributed by atoms with Crippen molar-refractivity contribution in [2.45, 2.75) is 39.2 Å². The maximum atomic E-state index is 12.9. The van der Waals surface area contributed by atoms with Crippen LogP contribution in [0.15, 0.2) is 48.5 Å². The van der Waals surface area contributed by atoms with Gasteiger partial charge in [-0.05, 0) is 51.5 Å². The molecule has 1 atom stereocenters. The Hall–Kier alpha value is -3.15. The molecule has 0 radical (unpaired) electrons. The van der Waals surface area contributed by atoms with Gasteiger partial charge in [-0.15, -0.1) is 0 Å². The number of aliphatic carboxylic acids is 1. The molecule has 0 fully saturated rings. The molecular formula is C21H23NO5. The Morgan fingerprint density at radius 1 is 1.04 bits per heavy atom. The second-order valence-corrected chi connectivity index (χ2v) is 7.19. The quantitative estimate of drug-likeness (QED) is 0.760. The number of para-hydroxylation sites is 1. The van der Waals surface area contributed by atoms with Crippen LogP contribution in [0.5, 0.6) is 0 Å². The molecule has 1 unspecified atom stereocenters. The van der Waals surface area contributed by atoms with Crippen molar-refractivity contribution in [3.63, 3.8) is 0 Å². The molecular weight excluding hydrogens is 346 g/mol. The molecule has 0 aliphatic rings. The molecule has 0 spiro atoms. The van der Waals surface area contributed by atoms with Gasteiger partial charge >= 0.3 is 12.1 Å². The molecule has 0 saturated carbocycles. The van der Waals surface area contributed by atoms with Crippen molar-refractivity contribution < 1.29 is 24.2 Å². The summed E-state index contributed by atoms with van der Waals surface area (Å²) in [6.07, 6.45) is -0.656. The van der Waals surface area contributed by atoms with Crippen molar-refractivity contribution >= 4 is 23.5 Å². The number of anilines is 1. The van der Waals surface area contributed by atoms with Gasteiger partial charge in [0, 0.05) is 11.1 Å². The lowest BCUT2D eigenvalue weighted by Gasteiger charge is -2.20. The average Bonchev–Trinajstić information content (AvgIpc) is 2.59. The molecule has 6 heteroatoms. The van der Waals surface area contributed by atoms with Gasteiger partial charge in [0.25, 0.3) is 0 Å². The smallest absolute Gasteiger partial charge is 0.412 e. The monoisotopic (exact) mass is 369 g/mol. The second-order valence-electron chi connectivity index (χ2n) is 7.19. The molecule has 2 rings (SSSR count). The number of carboxylic acid groups (broad SMARTS) is 1. The molecule has 6 nitrogen and oxygen atoms in total. The number of amides is 1. The van der Waals surface area contributed by atoms with E-state index in [1.807, 2.05) is 0 Å². The minimum atomic E-state index is -0.966. The summed E-state index contributed by atoms with van der Waals surface area (Å²) < 4.78 is 5.23. The highest BCUT2D eigenvalue weighted by molar-refractivity contribution is 6.13. The number of hydrogen-bond donors (Lipinski definition) is 2. The summed E-state index contributed by atoms with van der Waals surface area (Å²) in [4.78, 5) is 36.2. The molecule has 0 aliphatic carbocycles. The zero-order valence-corrected chi connectivity index (χ0v) is 15.8. The van der Waals surface area contributed by atoms with Gasteiger partial charge in [-0.2, -0.15) is 0 Å². The molecule has 1 amide bonds. The average molecular weight is 369 g/mol. The maximum Gasteiger partial charge on any atom is 0.412 e. The molecule has 2 aromatic rings. The molecule has 27 heavy (non-hydrogen) atoms. The summed E-state index contributed by atoms with van der Waals surface area (Å²) in [5.74, 6) is -2.01. The fourth-order valence-corrected chi connectivity index (χ4v) is 2.45. The molecule has 2 aromatic carbocycles. The first kappa shape index (κ1) is 20.2. The number of hydrogen-bond acceptors (Lipinski definition) is 4. The molecule has 0 saturated heterocycles. The van der Waals surface area contributed by atoms with E-state index in [4.69, 9.17) is 4.74 Å². The lowest BCUT2D eigenvalue weighted by atomic mass is 9.95. The normalized spacial score (nSPS) is 12.1. The lowest BCUT2D eigenvalue weighted by Crippen LogP contribution is -2.27. The SMILES string of the molecule is CC(C(=O)O)c1cccc(C(=O)c2ccccc2NC(=O)OC(C)(C)C)c1. The Labute approximate surface area is 158 Å². The van der Waals surface area contributed by atoms with E-state index in [2.05, 4.69) is 5.32 Å². The van der Waals surface area contributed by atoms with E-state index >= 15 is 0 Å². The number of ketones is 1. The number of carbonyl (C=O) groups is 3. The van der Waals surface area contributed by atoms with Gasteiger partial charge in [0.15, 0.2) is 5.78 Å². The predicted molar refractivity (Wildman–Crippen MR) is 102 cm³/mol. The van der Waals surface area contributed by atoms with Gasteiger partial charge < -0.3 is 9.84 Å². The van der Waals surface area contributed by atoms with Crippen LogP contribution in [0.4, 0.5) is 10.5 Å². The fraction of sp³-hybridized carbons (Fsp3) is 0.286. The standard InChI is InChI=1S/C21H23NO5/c1-13(19(24)25)14-8-7-9-15(12-14)18(23)16-10-5-6-11-17(16)22-20(26)27-21(2,3)4/h5-13H,1-4H3,(H,22,26)(H,24,25). The Morgan fingerprint density at radius 3 is 2.33 bits per heavy atom. The van der Waals surface area contributed by atoms with Crippen LogP contribution in [0.3, 0.4) is 0 Å². The van der Waals surface area contributed by atoms with Crippen molar-refractivity contribution in [2.24, 2.45) is 0 Å². The van der Waals surface area contributed by atoms with Crippen LogP contribution >= 0.6 is 0 Å². The summed E-state index contributed by atoms with van der Waals surface area (Å²) in [6.45, 7) is 6.81. The largest absolute Gasteiger partial charge is 0.481 e. The number of rotatable bonds is 5. The third kappa shape index (κ3) is 5.41. The molecule has 0 heterocycles. The number of ether oxygens (including phenoxy) is 1. The van der Waals surface area contributed by atoms with Gasteiger partial charge in [-0.1, -0.05) is 30.3 Å². The van der Waals surface area contributed by atoms with Crippen molar-refractivity contribution in [3.05, 3.63) is 65.2 Å². The number of nitrogens with one attached hydrogen (secondary N) is 1. The van der Waals surface area contributed by atoms with E-state index in [0.29, 0.717) is 22.4 Å². The van der Waals surface area contributed by atoms with Crippen molar-refractivity contribution in [1.82, 2.24) is 0 Å². The third-order valence-electron chi connectivity index (χ3n) is 3.83. The number of carboxylic acids is 1. The molecule has 142 valence electrons. The highest BCUT2D eigenvalue weighted by atomic mass is 16.6. The van der Waals surface area contributed by atoms with Crippen LogP contribution in [-0.4, -0.2) is 28.6 Å². The summed E-state index contributed by atoms with van der Waals surface area (Å²) in [7, 11) is 0. The van der Waals surface area contributed by atoms with Crippen LogP contribution in [0, 0.1) is 0 Å². The van der Waals surface area contributed by atoms with Crippen LogP contribution in [0.1, 0.15) is 55.1 Å². The molecule has 0 aliphatic heterocycles. The van der Waals surface area contributed by atoms with Crippen LogP contribution in [0.25, 0.3) is 0 Å². The summed E-state index contributed by atoms with van der Waals surface area (Å²) in [5.41, 5.74) is 0.839. The summed E-state index contributed by atoms with van der Waals surface area (Å²) >= 11 is 0. The highest BCUT2D eigenvalue weighted by Gasteiger charge is 2.20. The predicted octanol–water partition coefficient (Wildman–Crippen LogP) is 4.45. The van der Waals surface area contributed by atoms with E-state index in [-0.39, 0.29) is 5.78 Å². The molecule has 2 N–H and O–H groups in total. The van der Waals surface area contributed by atoms with Crippen LogP contribution in [0.2, 0.25) is 0 Å². The van der Waals surface area contributed by atoms with E-state index in [1.165, 1.54) is 0 Å². The van der Waals surface area contributed by atoms with E-state index in [0.717, 1.165) is 0 Å². The van der Waals surface area contributed by atoms with Gasteiger partial charge in [0.2, 0.25) is 0 Å². The minimum Gasteiger partial charge on any atom is -0.481 e. The Kier molecular flexibility index (Phi) is 6.00. The maximum absolute atomic E-state index is 12.9. The number of carbonyl (C=O) groups excluding carboxylic acids is 2. The van der Waals surface area contributed by atoms with Crippen LogP contribution in [-0.2, 0) is 9.53 Å². The highest BCUT2D eigenvalue weighted by Crippen LogP contribution is 2.23. The zero-order valence-electron chi connectivity index (χ0n) is 15.8. The minimum absolute atomic E-state index is 0.295. The second kappa shape index (κ2) is 8.03. The molecule has 0 aromatic heterocycles. The first-order chi connectivity index (χ1) is 12.6. The van der Waals surface area contributed by atoms with Gasteiger partial charge in [0.1, 0.15) is 5.60 Å². The number of benzene rings is 2. The Bertz CT molecular complexity index is 867. The third-order valence-corrected chi connectivity index (χ3v) is 3.83. The zero-order chi connectivity index (χ0) is 20.2. The van der Waals surface area contributed by atoms with Crippen LogP contribution < -0.4 is 5.32 Å². The van der Waals surface area contributed by atoms with Gasteiger partial charge in [0.05, 0.1) is 11.6 Å². The van der Waals surface area contributed by atoms with Gasteiger partial charge in [-0.25, -0.2) is 4.79 Å². The van der Waals surface area contributed by atoms with E-state index in [1.54, 1.807) is 76.2 Å². The van der Waals surface area contributed by atoms with E-state index < -0.39 is 23.6 Å². The lowest BCUT2D eigenvalue weighted by molar-refractivity contribution is -0.138. The van der Waals surface area contributed by atoms with Crippen molar-refractivity contribution in [3.8, 4) is 0 Å².